The molecular weight excluding hydrogens is 274 g/mol. The molecule has 2 nitrogen and oxygen atoms in total. The van der Waals surface area contributed by atoms with Gasteiger partial charge in [-0.1, -0.05) is 0 Å². The second kappa shape index (κ2) is 11.5. The standard InChI is InChI=1S/C16H34FO2P/c1-5-9-12-20(13-10-6-2,14-11-7-3)15(17)16(18)19-8-4/h15,20H,5-14H2,1-4H3. The minimum atomic E-state index is -2.20. The SMILES string of the molecule is CCCC[PH](CCCC)(CCCC)C(F)C(=O)OCC. The molecule has 122 valence electrons. The summed E-state index contributed by atoms with van der Waals surface area (Å²) in [6.07, 6.45) is 9.14. The molecule has 0 aliphatic carbocycles. The topological polar surface area (TPSA) is 26.3 Å². The molecule has 0 spiro atoms. The van der Waals surface area contributed by atoms with E-state index < -0.39 is 19.1 Å². The summed E-state index contributed by atoms with van der Waals surface area (Å²) in [6, 6.07) is 0. The van der Waals surface area contributed by atoms with Crippen LogP contribution in [0.15, 0.2) is 0 Å². The van der Waals surface area contributed by atoms with Gasteiger partial charge in [-0.05, 0) is 0 Å². The Balaban J connectivity index is 5.04. The summed E-state index contributed by atoms with van der Waals surface area (Å²) in [4.78, 5) is 11.9. The Labute approximate surface area is 125 Å². The predicted octanol–water partition coefficient (Wildman–Crippen LogP) is 5.00. The Morgan fingerprint density at radius 2 is 1.35 bits per heavy atom. The first-order valence-electron chi connectivity index (χ1n) is 8.38. The van der Waals surface area contributed by atoms with Gasteiger partial charge < -0.3 is 0 Å². The van der Waals surface area contributed by atoms with Gasteiger partial charge in [0.05, 0.1) is 0 Å². The van der Waals surface area contributed by atoms with Crippen molar-refractivity contribution in [2.45, 2.75) is 72.1 Å². The molecule has 0 aromatic heterocycles. The van der Waals surface area contributed by atoms with Gasteiger partial charge in [-0.2, -0.15) is 0 Å². The quantitative estimate of drug-likeness (QED) is 0.375. The van der Waals surface area contributed by atoms with E-state index in [2.05, 4.69) is 20.8 Å². The molecule has 1 unspecified atom stereocenters. The van der Waals surface area contributed by atoms with E-state index >= 15 is 0 Å². The van der Waals surface area contributed by atoms with Crippen LogP contribution in [0.5, 0.6) is 0 Å². The van der Waals surface area contributed by atoms with E-state index in [4.69, 9.17) is 4.74 Å². The molecule has 0 saturated carbocycles. The van der Waals surface area contributed by atoms with E-state index in [-0.39, 0.29) is 6.61 Å². The van der Waals surface area contributed by atoms with Crippen LogP contribution in [0.4, 0.5) is 4.39 Å². The zero-order valence-electron chi connectivity index (χ0n) is 13.8. The number of carbonyl (C=O) groups excluding carboxylic acids is 1. The number of carbonyl (C=O) groups is 1. The van der Waals surface area contributed by atoms with E-state index in [1.165, 1.54) is 0 Å². The molecule has 0 rings (SSSR count). The molecule has 0 heterocycles. The monoisotopic (exact) mass is 308 g/mol. The Morgan fingerprint density at radius 3 is 1.65 bits per heavy atom. The summed E-state index contributed by atoms with van der Waals surface area (Å²) in [5.74, 6) is -1.92. The molecule has 0 aromatic carbocycles. The third-order valence-electron chi connectivity index (χ3n) is 4.12. The van der Waals surface area contributed by atoms with Crippen LogP contribution in [0.25, 0.3) is 0 Å². The average Bonchev–Trinajstić information content (AvgIpc) is 2.46. The number of esters is 1. The van der Waals surface area contributed by atoms with Crippen molar-refractivity contribution in [3.05, 3.63) is 0 Å². The number of hydrogen-bond donors (Lipinski definition) is 0. The van der Waals surface area contributed by atoms with Gasteiger partial charge in [-0.25, -0.2) is 0 Å². The first-order chi connectivity index (χ1) is 9.57. The summed E-state index contributed by atoms with van der Waals surface area (Å²) >= 11 is 0. The Bertz CT molecular complexity index is 237. The van der Waals surface area contributed by atoms with Crippen LogP contribution in [0.3, 0.4) is 0 Å². The molecule has 0 radical (unpaired) electrons. The number of hydrogen-bond acceptors (Lipinski definition) is 2. The zero-order valence-corrected chi connectivity index (χ0v) is 14.8. The van der Waals surface area contributed by atoms with Crippen LogP contribution in [-0.2, 0) is 9.53 Å². The maximum atomic E-state index is 14.9. The molecule has 0 fully saturated rings. The summed E-state index contributed by atoms with van der Waals surface area (Å²) < 4.78 is 19.8. The van der Waals surface area contributed by atoms with Crippen LogP contribution in [0, 0.1) is 0 Å². The fraction of sp³-hybridized carbons (Fsp3) is 0.938. The van der Waals surface area contributed by atoms with Crippen LogP contribution in [-0.4, -0.2) is 37.0 Å². The van der Waals surface area contributed by atoms with Crippen molar-refractivity contribution in [1.29, 1.82) is 0 Å². The Kier molecular flexibility index (Phi) is 11.4. The van der Waals surface area contributed by atoms with Crippen molar-refractivity contribution >= 4 is 13.2 Å². The Hall–Kier alpha value is -0.170. The molecule has 0 aliphatic heterocycles. The van der Waals surface area contributed by atoms with Crippen molar-refractivity contribution < 1.29 is 13.9 Å². The van der Waals surface area contributed by atoms with Gasteiger partial charge in [-0.3, -0.25) is 0 Å². The number of rotatable bonds is 12. The average molecular weight is 308 g/mol. The van der Waals surface area contributed by atoms with Gasteiger partial charge in [0.25, 0.3) is 0 Å². The number of ether oxygens (including phenoxy) is 1. The molecular formula is C16H34FO2P. The predicted molar refractivity (Wildman–Crippen MR) is 89.2 cm³/mol. The van der Waals surface area contributed by atoms with Crippen molar-refractivity contribution in [3.8, 4) is 0 Å². The third kappa shape index (κ3) is 6.52. The van der Waals surface area contributed by atoms with Crippen molar-refractivity contribution in [3.63, 3.8) is 0 Å². The first kappa shape index (κ1) is 19.8. The van der Waals surface area contributed by atoms with E-state index in [1.807, 2.05) is 0 Å². The zero-order chi connectivity index (χ0) is 15.4. The number of unbranched alkanes of at least 4 members (excludes halogenated alkanes) is 3. The molecule has 0 amide bonds. The van der Waals surface area contributed by atoms with Gasteiger partial charge in [0.1, 0.15) is 0 Å². The Morgan fingerprint density at radius 1 is 0.950 bits per heavy atom. The first-order valence-corrected chi connectivity index (χ1v) is 11.1. The normalized spacial score (nSPS) is 14.1. The fourth-order valence-electron chi connectivity index (χ4n) is 2.81. The molecule has 0 saturated heterocycles. The minimum absolute atomic E-state index is 0.277. The summed E-state index contributed by atoms with van der Waals surface area (Å²) in [5, 5.41) is 0. The molecule has 0 N–H and O–H groups in total. The van der Waals surface area contributed by atoms with Crippen LogP contribution in [0.2, 0.25) is 0 Å². The van der Waals surface area contributed by atoms with Crippen molar-refractivity contribution in [2.75, 3.05) is 25.1 Å². The van der Waals surface area contributed by atoms with E-state index in [1.54, 1.807) is 6.92 Å². The van der Waals surface area contributed by atoms with Gasteiger partial charge in [0, 0.05) is 0 Å². The van der Waals surface area contributed by atoms with Gasteiger partial charge >= 0.3 is 124 Å². The maximum absolute atomic E-state index is 14.9. The number of alkyl halides is 1. The molecule has 4 heteroatoms. The van der Waals surface area contributed by atoms with Crippen LogP contribution in [0.1, 0.15) is 66.2 Å². The second-order valence-corrected chi connectivity index (χ2v) is 10.5. The number of halogens is 1. The summed E-state index contributed by atoms with van der Waals surface area (Å²) in [7, 11) is -2.20. The van der Waals surface area contributed by atoms with Gasteiger partial charge in [-0.15, -0.1) is 0 Å². The fourth-order valence-corrected chi connectivity index (χ4v) is 8.07. The third-order valence-corrected chi connectivity index (χ3v) is 9.47. The van der Waals surface area contributed by atoms with Crippen molar-refractivity contribution in [2.24, 2.45) is 0 Å². The molecule has 0 bridgehead atoms. The molecule has 0 aromatic rings. The van der Waals surface area contributed by atoms with Crippen LogP contribution >= 0.6 is 7.26 Å². The molecule has 0 aliphatic rings. The summed E-state index contributed by atoms with van der Waals surface area (Å²) in [6.45, 7) is 8.43. The molecule has 1 atom stereocenters. The van der Waals surface area contributed by atoms with Crippen LogP contribution < -0.4 is 0 Å². The van der Waals surface area contributed by atoms with Gasteiger partial charge in [0.2, 0.25) is 0 Å². The summed E-state index contributed by atoms with van der Waals surface area (Å²) in [5.41, 5.74) is 0. The van der Waals surface area contributed by atoms with E-state index in [9.17, 15) is 9.18 Å². The van der Waals surface area contributed by atoms with Gasteiger partial charge in [0.15, 0.2) is 0 Å². The van der Waals surface area contributed by atoms with E-state index in [0.717, 1.165) is 57.0 Å². The van der Waals surface area contributed by atoms with Crippen molar-refractivity contribution in [1.82, 2.24) is 0 Å². The molecule has 20 heavy (non-hydrogen) atoms. The van der Waals surface area contributed by atoms with E-state index in [0.29, 0.717) is 0 Å². The second-order valence-electron chi connectivity index (χ2n) is 5.79.